The summed E-state index contributed by atoms with van der Waals surface area (Å²) >= 11 is 0. The lowest BCUT2D eigenvalue weighted by atomic mass is 9.53. The number of rotatable bonds is 25. The van der Waals surface area contributed by atoms with Crippen LogP contribution in [0.2, 0.25) is 16.6 Å². The summed E-state index contributed by atoms with van der Waals surface area (Å²) in [6.07, 6.45) is 10.4. The number of aliphatic hydroxyl groups excluding tert-OH is 1. The quantitative estimate of drug-likeness (QED) is 0.0426. The number of benzene rings is 8. The molecule has 3 saturated carbocycles. The smallest absolute Gasteiger partial charge is 0.258 e. The SMILES string of the molecule is COCCN(C/C=C(\c1cnn(Cc2cccc(O[Si](C(C)C)(C(C)C)C(C)C)c2)c1)c1cc(NC(c2ccccc2)(c2ccccc2)c2ccccc2)nc2c1nnn2C(c1ccccc1)(c1ccccc1)c1ccccc1)C12CCC(c3ccccc3)(CC1)[C@@H](O)C2. The molecule has 0 radical (unpaired) electrons. The summed E-state index contributed by atoms with van der Waals surface area (Å²) in [6.45, 7) is 16.3. The fourth-order valence-electron chi connectivity index (χ4n) is 16.6. The van der Waals surface area contributed by atoms with Crippen LogP contribution in [0.15, 0.2) is 261 Å². The summed E-state index contributed by atoms with van der Waals surface area (Å²) < 4.78 is 17.4. The van der Waals surface area contributed by atoms with E-state index >= 15 is 0 Å². The number of nitrogens with one attached hydrogen (secondary N) is 1. The summed E-state index contributed by atoms with van der Waals surface area (Å²) in [5.41, 5.74) is 11.0. The lowest BCUT2D eigenvalue weighted by molar-refractivity contribution is -0.0998. The lowest BCUT2D eigenvalue weighted by Gasteiger charge is -2.60. The van der Waals surface area contributed by atoms with E-state index in [0.717, 1.165) is 87.1 Å². The fraction of sp³-hybridized carbons (Fsp3) is 0.293. The summed E-state index contributed by atoms with van der Waals surface area (Å²) in [5, 5.41) is 32.8. The molecular weight excluding hydrogens is 1170 g/mol. The van der Waals surface area contributed by atoms with Gasteiger partial charge in [-0.05, 0) is 117 Å². The molecular formula is C82H88N8O3Si. The molecule has 11 nitrogen and oxygen atoms in total. The molecule has 3 heterocycles. The van der Waals surface area contributed by atoms with Gasteiger partial charge < -0.3 is 19.6 Å². The van der Waals surface area contributed by atoms with Crippen LogP contribution in [-0.4, -0.2) is 86.5 Å². The molecule has 3 aliphatic rings. The number of hydrogen-bond donors (Lipinski definition) is 2. The predicted molar refractivity (Wildman–Crippen MR) is 383 cm³/mol. The summed E-state index contributed by atoms with van der Waals surface area (Å²) in [5.74, 6) is 1.53. The van der Waals surface area contributed by atoms with Gasteiger partial charge in [-0.3, -0.25) is 9.58 Å². The number of hydrogen-bond acceptors (Lipinski definition) is 9. The van der Waals surface area contributed by atoms with Crippen molar-refractivity contribution in [2.45, 2.75) is 125 Å². The van der Waals surface area contributed by atoms with Gasteiger partial charge >= 0.3 is 0 Å². The van der Waals surface area contributed by atoms with Gasteiger partial charge in [0.15, 0.2) is 5.65 Å². The van der Waals surface area contributed by atoms with Crippen LogP contribution in [0.5, 0.6) is 5.75 Å². The minimum atomic E-state index is -2.25. The minimum Gasteiger partial charge on any atom is -0.543 e. The van der Waals surface area contributed by atoms with Crippen molar-refractivity contribution >= 4 is 30.9 Å². The van der Waals surface area contributed by atoms with Crippen molar-refractivity contribution in [3.63, 3.8) is 0 Å². The maximum atomic E-state index is 12.5. The second-order valence-electron chi connectivity index (χ2n) is 27.0. The molecule has 12 heteroatoms. The van der Waals surface area contributed by atoms with E-state index in [-0.39, 0.29) is 11.0 Å². The third-order valence-corrected chi connectivity index (χ3v) is 27.1. The zero-order chi connectivity index (χ0) is 64.9. The van der Waals surface area contributed by atoms with Crippen LogP contribution in [0.1, 0.15) is 129 Å². The molecule has 94 heavy (non-hydrogen) atoms. The van der Waals surface area contributed by atoms with Crippen LogP contribution in [0.3, 0.4) is 0 Å². The van der Waals surface area contributed by atoms with Crippen molar-refractivity contribution in [1.82, 2.24) is 34.7 Å². The summed E-state index contributed by atoms with van der Waals surface area (Å²) in [4.78, 5) is 8.50. The first-order valence-corrected chi connectivity index (χ1v) is 35.9. The number of nitrogens with zero attached hydrogens (tertiary/aromatic N) is 7. The number of anilines is 1. The van der Waals surface area contributed by atoms with Gasteiger partial charge in [-0.2, -0.15) is 5.10 Å². The fourth-order valence-corrected chi connectivity index (χ4v) is 21.8. The van der Waals surface area contributed by atoms with Gasteiger partial charge in [0.1, 0.15) is 28.2 Å². The number of methoxy groups -OCH3 is 1. The molecule has 0 spiro atoms. The molecule has 14 rings (SSSR count). The largest absolute Gasteiger partial charge is 0.543 e. The molecule has 0 aliphatic heterocycles. The highest BCUT2D eigenvalue weighted by atomic mass is 28.4. The maximum Gasteiger partial charge on any atom is 0.258 e. The second-order valence-corrected chi connectivity index (χ2v) is 32.4. The highest BCUT2D eigenvalue weighted by Gasteiger charge is 2.57. The zero-order valence-electron chi connectivity index (χ0n) is 55.4. The zero-order valence-corrected chi connectivity index (χ0v) is 56.4. The first-order chi connectivity index (χ1) is 45.8. The van der Waals surface area contributed by atoms with Crippen LogP contribution in [-0.2, 0) is 27.8 Å². The molecule has 8 aromatic carbocycles. The van der Waals surface area contributed by atoms with Gasteiger partial charge in [0.2, 0.25) is 0 Å². The molecule has 478 valence electrons. The number of aromatic nitrogens is 6. The van der Waals surface area contributed by atoms with Gasteiger partial charge in [0.05, 0.1) is 25.5 Å². The third kappa shape index (κ3) is 11.6. The van der Waals surface area contributed by atoms with Crippen molar-refractivity contribution < 1.29 is 14.3 Å². The highest BCUT2D eigenvalue weighted by molar-refractivity contribution is 6.78. The number of ether oxygens (including phenoxy) is 1. The monoisotopic (exact) mass is 1260 g/mol. The molecule has 1 atom stereocenters. The molecule has 0 amide bonds. The Bertz CT molecular complexity index is 4090. The summed E-state index contributed by atoms with van der Waals surface area (Å²) in [7, 11) is -0.463. The normalized spacial score (nSPS) is 17.8. The molecule has 0 unspecified atom stereocenters. The molecule has 11 aromatic rings. The topological polar surface area (TPSA) is 115 Å². The Morgan fingerprint density at radius 3 is 1.63 bits per heavy atom. The lowest BCUT2D eigenvalue weighted by Crippen LogP contribution is -2.64. The van der Waals surface area contributed by atoms with E-state index in [2.05, 4.69) is 311 Å². The van der Waals surface area contributed by atoms with E-state index in [1.807, 2.05) is 10.9 Å². The predicted octanol–water partition coefficient (Wildman–Crippen LogP) is 17.3. The Morgan fingerprint density at radius 1 is 0.638 bits per heavy atom. The Kier molecular flexibility index (Phi) is 18.4. The van der Waals surface area contributed by atoms with E-state index < -0.39 is 25.5 Å². The first-order valence-electron chi connectivity index (χ1n) is 33.7. The Labute approximate surface area is 556 Å². The second kappa shape index (κ2) is 27.1. The van der Waals surface area contributed by atoms with Crippen LogP contribution in [0.4, 0.5) is 5.82 Å². The van der Waals surface area contributed by atoms with Crippen LogP contribution < -0.4 is 9.74 Å². The standard InChI is InChI=1S/C82H88N8O3Si/c1-60(2)94(61(3)4,62(5)6)93-72-45-29-30-63(54-72)58-89-59-64(57-83-89)73(46-51-88(52-53-92-7)79-47-49-80(50-48-79,75(91)56-79)65-31-15-8-16-32-65)74-55-76(85-81(66-33-17-9-18-34-66,67-35-19-10-20-36-67)68-37-21-11-22-38-68)84-78-77(74)86-87-90(78)82(69-39-23-12-24-40-69,70-41-25-13-26-42-70)71-43-27-14-28-44-71/h8-46,54-55,57,59-62,75,91H,47-53,56,58H2,1-7H3,(H,84,85)/b73-46+/t75-,79?,80?/m0/s1. The van der Waals surface area contributed by atoms with E-state index in [0.29, 0.717) is 66.3 Å². The van der Waals surface area contributed by atoms with Gasteiger partial charge in [-0.15, -0.1) is 5.10 Å². The van der Waals surface area contributed by atoms with Crippen molar-refractivity contribution in [2.75, 3.05) is 32.1 Å². The number of aliphatic hydroxyl groups is 1. The van der Waals surface area contributed by atoms with Crippen molar-refractivity contribution in [3.8, 4) is 5.75 Å². The van der Waals surface area contributed by atoms with Crippen LogP contribution in [0, 0.1) is 0 Å². The number of pyridine rings is 1. The Hall–Kier alpha value is -9.04. The summed E-state index contributed by atoms with van der Waals surface area (Å²) in [6, 6.07) is 85.6. The molecule has 3 fully saturated rings. The average Bonchev–Trinajstić information content (AvgIpc) is 1.24. The van der Waals surface area contributed by atoms with Crippen LogP contribution in [0.25, 0.3) is 16.7 Å². The Morgan fingerprint density at radius 2 is 1.14 bits per heavy atom. The van der Waals surface area contributed by atoms with Gasteiger partial charge in [-0.1, -0.05) is 277 Å². The van der Waals surface area contributed by atoms with Gasteiger partial charge in [0.25, 0.3) is 8.32 Å². The first kappa shape index (κ1) is 63.7. The molecule has 2 N–H and O–H groups in total. The minimum absolute atomic E-state index is 0.277. The van der Waals surface area contributed by atoms with E-state index in [9.17, 15) is 5.11 Å². The maximum absolute atomic E-state index is 12.5. The van der Waals surface area contributed by atoms with Crippen molar-refractivity contribution in [1.29, 1.82) is 0 Å². The Balaban J connectivity index is 1.05. The molecule has 3 aromatic heterocycles. The van der Waals surface area contributed by atoms with Crippen LogP contribution >= 0.6 is 0 Å². The third-order valence-electron chi connectivity index (χ3n) is 21.1. The average molecular weight is 1260 g/mol. The number of fused-ring (bicyclic) bond motifs is 4. The van der Waals surface area contributed by atoms with Gasteiger partial charge in [-0.25, -0.2) is 9.67 Å². The van der Waals surface area contributed by atoms with E-state index in [1.54, 1.807) is 7.11 Å². The highest BCUT2D eigenvalue weighted by Crippen LogP contribution is 2.56. The van der Waals surface area contributed by atoms with Crippen molar-refractivity contribution in [3.05, 3.63) is 317 Å². The van der Waals surface area contributed by atoms with E-state index in [4.69, 9.17) is 29.6 Å². The molecule has 3 aliphatic carbocycles. The molecule has 2 bridgehead atoms. The van der Waals surface area contributed by atoms with Gasteiger partial charge in [0, 0.05) is 48.5 Å². The molecule has 0 saturated heterocycles. The van der Waals surface area contributed by atoms with E-state index in [1.165, 1.54) is 5.56 Å². The van der Waals surface area contributed by atoms with Crippen molar-refractivity contribution in [2.24, 2.45) is 0 Å².